The summed E-state index contributed by atoms with van der Waals surface area (Å²) in [5.41, 5.74) is 1.30. The summed E-state index contributed by atoms with van der Waals surface area (Å²) in [6, 6.07) is 3.22. The average Bonchev–Trinajstić information content (AvgIpc) is 2.90. The summed E-state index contributed by atoms with van der Waals surface area (Å²) in [6.45, 7) is 3.30. The Hall–Kier alpha value is -0.800. The molecule has 0 saturated heterocycles. The highest BCUT2D eigenvalue weighted by Gasteiger charge is 2.26. The second-order valence-electron chi connectivity index (χ2n) is 6.09. The van der Waals surface area contributed by atoms with E-state index in [0.717, 1.165) is 12.5 Å². The SMILES string of the molecule is CCCNC(CC1CCCCCC1NC)c1ccoc1. The van der Waals surface area contributed by atoms with E-state index >= 15 is 0 Å². The molecule has 1 aromatic heterocycles. The normalized spacial score (nSPS) is 25.3. The molecule has 2 N–H and O–H groups in total. The molecule has 0 spiro atoms. The molecule has 20 heavy (non-hydrogen) atoms. The minimum absolute atomic E-state index is 0.438. The van der Waals surface area contributed by atoms with Crippen molar-refractivity contribution >= 4 is 0 Å². The summed E-state index contributed by atoms with van der Waals surface area (Å²) in [5, 5.41) is 7.25. The minimum atomic E-state index is 0.438. The molecule has 1 aliphatic rings. The Morgan fingerprint density at radius 3 is 2.85 bits per heavy atom. The number of rotatable bonds is 7. The molecule has 0 bridgehead atoms. The van der Waals surface area contributed by atoms with Crippen molar-refractivity contribution < 1.29 is 4.42 Å². The van der Waals surface area contributed by atoms with E-state index in [-0.39, 0.29) is 0 Å². The van der Waals surface area contributed by atoms with Gasteiger partial charge in [0.25, 0.3) is 0 Å². The molecule has 114 valence electrons. The Labute approximate surface area is 123 Å². The predicted molar refractivity (Wildman–Crippen MR) is 83.8 cm³/mol. The molecule has 3 unspecified atom stereocenters. The quantitative estimate of drug-likeness (QED) is 0.743. The molecule has 3 heteroatoms. The largest absolute Gasteiger partial charge is 0.472 e. The molecule has 1 saturated carbocycles. The van der Waals surface area contributed by atoms with E-state index in [2.05, 4.69) is 30.7 Å². The van der Waals surface area contributed by atoms with E-state index in [1.807, 2.05) is 6.26 Å². The van der Waals surface area contributed by atoms with Crippen LogP contribution in [-0.2, 0) is 0 Å². The second-order valence-corrected chi connectivity index (χ2v) is 6.09. The second kappa shape index (κ2) is 8.48. The predicted octanol–water partition coefficient (Wildman–Crippen LogP) is 3.88. The fourth-order valence-electron chi connectivity index (χ4n) is 3.48. The third-order valence-corrected chi connectivity index (χ3v) is 4.65. The van der Waals surface area contributed by atoms with Crippen LogP contribution in [0.5, 0.6) is 0 Å². The first kappa shape index (κ1) is 15.6. The Morgan fingerprint density at radius 2 is 2.15 bits per heavy atom. The van der Waals surface area contributed by atoms with Crippen LogP contribution in [0, 0.1) is 5.92 Å². The number of furan rings is 1. The van der Waals surface area contributed by atoms with Crippen LogP contribution in [-0.4, -0.2) is 19.6 Å². The third-order valence-electron chi connectivity index (χ3n) is 4.65. The molecular weight excluding hydrogens is 248 g/mol. The van der Waals surface area contributed by atoms with Gasteiger partial charge in [-0.3, -0.25) is 0 Å². The van der Waals surface area contributed by atoms with Crippen molar-refractivity contribution in [3.05, 3.63) is 24.2 Å². The first-order chi connectivity index (χ1) is 9.85. The van der Waals surface area contributed by atoms with Crippen molar-refractivity contribution in [3.63, 3.8) is 0 Å². The molecule has 1 aliphatic carbocycles. The van der Waals surface area contributed by atoms with Crippen LogP contribution in [0.3, 0.4) is 0 Å². The lowest BCUT2D eigenvalue weighted by Crippen LogP contribution is -2.35. The smallest absolute Gasteiger partial charge is 0.0950 e. The summed E-state index contributed by atoms with van der Waals surface area (Å²) < 4.78 is 5.29. The van der Waals surface area contributed by atoms with Gasteiger partial charge in [0.1, 0.15) is 0 Å². The molecule has 3 atom stereocenters. The van der Waals surface area contributed by atoms with Crippen molar-refractivity contribution in [2.45, 2.75) is 64.0 Å². The number of hydrogen-bond donors (Lipinski definition) is 2. The highest BCUT2D eigenvalue weighted by molar-refractivity contribution is 5.12. The first-order valence-corrected chi connectivity index (χ1v) is 8.28. The van der Waals surface area contributed by atoms with Gasteiger partial charge in [-0.05, 0) is 51.3 Å². The van der Waals surface area contributed by atoms with Crippen LogP contribution in [0.25, 0.3) is 0 Å². The van der Waals surface area contributed by atoms with E-state index in [9.17, 15) is 0 Å². The van der Waals surface area contributed by atoms with Gasteiger partial charge < -0.3 is 15.1 Å². The van der Waals surface area contributed by atoms with Crippen molar-refractivity contribution in [2.24, 2.45) is 5.92 Å². The average molecular weight is 278 g/mol. The van der Waals surface area contributed by atoms with Gasteiger partial charge in [0.2, 0.25) is 0 Å². The van der Waals surface area contributed by atoms with Crippen molar-refractivity contribution in [3.8, 4) is 0 Å². The van der Waals surface area contributed by atoms with Crippen LogP contribution in [0.1, 0.15) is 63.5 Å². The van der Waals surface area contributed by atoms with Crippen molar-refractivity contribution in [1.82, 2.24) is 10.6 Å². The molecule has 0 amide bonds. The topological polar surface area (TPSA) is 37.2 Å². The van der Waals surface area contributed by atoms with Crippen LogP contribution in [0.4, 0.5) is 0 Å². The Kier molecular flexibility index (Phi) is 6.61. The van der Waals surface area contributed by atoms with Gasteiger partial charge in [-0.25, -0.2) is 0 Å². The van der Waals surface area contributed by atoms with E-state index in [0.29, 0.717) is 12.1 Å². The third kappa shape index (κ3) is 4.35. The molecule has 2 rings (SSSR count). The van der Waals surface area contributed by atoms with Gasteiger partial charge in [0.15, 0.2) is 0 Å². The fraction of sp³-hybridized carbons (Fsp3) is 0.765. The maximum Gasteiger partial charge on any atom is 0.0950 e. The van der Waals surface area contributed by atoms with Crippen LogP contribution < -0.4 is 10.6 Å². The molecule has 1 aromatic rings. The van der Waals surface area contributed by atoms with Gasteiger partial charge in [-0.2, -0.15) is 0 Å². The zero-order valence-corrected chi connectivity index (χ0v) is 13.0. The lowest BCUT2D eigenvalue weighted by Gasteiger charge is -2.29. The van der Waals surface area contributed by atoms with Gasteiger partial charge in [0, 0.05) is 17.6 Å². The summed E-state index contributed by atoms with van der Waals surface area (Å²) in [5.74, 6) is 0.770. The standard InChI is InChI=1S/C17H30N2O/c1-3-10-19-17(15-9-11-20-13-15)12-14-7-5-4-6-8-16(14)18-2/h9,11,13-14,16-19H,3-8,10,12H2,1-2H3. The van der Waals surface area contributed by atoms with Crippen molar-refractivity contribution in [1.29, 1.82) is 0 Å². The molecule has 0 aliphatic heterocycles. The van der Waals surface area contributed by atoms with E-state index in [4.69, 9.17) is 4.42 Å². The van der Waals surface area contributed by atoms with E-state index in [1.54, 1.807) is 6.26 Å². The zero-order chi connectivity index (χ0) is 14.2. The maximum atomic E-state index is 5.29. The van der Waals surface area contributed by atoms with Gasteiger partial charge in [-0.15, -0.1) is 0 Å². The van der Waals surface area contributed by atoms with Gasteiger partial charge in [0.05, 0.1) is 12.5 Å². The highest BCUT2D eigenvalue weighted by Crippen LogP contribution is 2.31. The molecule has 1 heterocycles. The zero-order valence-electron chi connectivity index (χ0n) is 13.0. The number of hydrogen-bond acceptors (Lipinski definition) is 3. The van der Waals surface area contributed by atoms with E-state index < -0.39 is 0 Å². The fourth-order valence-corrected chi connectivity index (χ4v) is 3.48. The lowest BCUT2D eigenvalue weighted by atomic mass is 9.86. The molecule has 3 nitrogen and oxygen atoms in total. The Bertz CT molecular complexity index is 350. The van der Waals surface area contributed by atoms with Crippen molar-refractivity contribution in [2.75, 3.05) is 13.6 Å². The minimum Gasteiger partial charge on any atom is -0.472 e. The van der Waals surface area contributed by atoms with E-state index in [1.165, 1.54) is 50.5 Å². The lowest BCUT2D eigenvalue weighted by molar-refractivity contribution is 0.293. The van der Waals surface area contributed by atoms with Crippen LogP contribution in [0.15, 0.2) is 23.0 Å². The van der Waals surface area contributed by atoms with Gasteiger partial charge >= 0.3 is 0 Å². The highest BCUT2D eigenvalue weighted by atomic mass is 16.3. The summed E-state index contributed by atoms with van der Waals surface area (Å²) in [7, 11) is 2.12. The summed E-state index contributed by atoms with van der Waals surface area (Å²) >= 11 is 0. The Balaban J connectivity index is 2.01. The maximum absolute atomic E-state index is 5.29. The van der Waals surface area contributed by atoms with Gasteiger partial charge in [-0.1, -0.05) is 26.2 Å². The molecule has 0 aromatic carbocycles. The number of nitrogens with one attached hydrogen (secondary N) is 2. The Morgan fingerprint density at radius 1 is 1.30 bits per heavy atom. The molecule has 1 fully saturated rings. The monoisotopic (exact) mass is 278 g/mol. The summed E-state index contributed by atoms with van der Waals surface area (Å²) in [4.78, 5) is 0. The molecular formula is C17H30N2O. The van der Waals surface area contributed by atoms with Crippen LogP contribution in [0.2, 0.25) is 0 Å². The summed E-state index contributed by atoms with van der Waals surface area (Å²) in [6.07, 6.45) is 12.9. The van der Waals surface area contributed by atoms with Crippen LogP contribution >= 0.6 is 0 Å². The molecule has 0 radical (unpaired) electrons. The first-order valence-electron chi connectivity index (χ1n) is 8.28.